The van der Waals surface area contributed by atoms with Gasteiger partial charge in [0, 0.05) is 9.75 Å². The highest BCUT2D eigenvalue weighted by Crippen LogP contribution is 2.34. The molecule has 1 aromatic heterocycles. The molecule has 1 N–H and O–H groups in total. The van der Waals surface area contributed by atoms with Gasteiger partial charge in [0.1, 0.15) is 0 Å². The molecule has 2 heteroatoms. The van der Waals surface area contributed by atoms with Crippen molar-refractivity contribution in [2.75, 3.05) is 0 Å². The molecule has 1 heterocycles. The second-order valence-electron chi connectivity index (χ2n) is 5.80. The average molecular weight is 266 g/mol. The van der Waals surface area contributed by atoms with Gasteiger partial charge in [0.2, 0.25) is 0 Å². The smallest absolute Gasteiger partial charge is 0.0884 e. The summed E-state index contributed by atoms with van der Waals surface area (Å²) >= 11 is 1.87. The molecule has 1 nitrogen and oxygen atoms in total. The van der Waals surface area contributed by atoms with Crippen LogP contribution in [0.25, 0.3) is 0 Å². The molecule has 1 aliphatic carbocycles. The van der Waals surface area contributed by atoms with Crippen molar-refractivity contribution in [3.63, 3.8) is 0 Å². The lowest BCUT2D eigenvalue weighted by molar-refractivity contribution is 0.148. The van der Waals surface area contributed by atoms with E-state index in [0.717, 1.165) is 6.42 Å². The fourth-order valence-electron chi connectivity index (χ4n) is 2.96. The molecule has 0 saturated carbocycles. The molecule has 2 atom stereocenters. The third kappa shape index (κ3) is 3.58. The Kier molecular flexibility index (Phi) is 5.25. The number of hydrogen-bond acceptors (Lipinski definition) is 2. The summed E-state index contributed by atoms with van der Waals surface area (Å²) in [6.07, 6.45) is 9.61. The van der Waals surface area contributed by atoms with Crippen molar-refractivity contribution in [1.82, 2.24) is 0 Å². The van der Waals surface area contributed by atoms with E-state index in [9.17, 15) is 5.11 Å². The highest BCUT2D eigenvalue weighted by atomic mass is 32.1. The van der Waals surface area contributed by atoms with Crippen molar-refractivity contribution in [3.05, 3.63) is 21.4 Å². The maximum absolute atomic E-state index is 10.3. The lowest BCUT2D eigenvalue weighted by atomic mass is 9.97. The van der Waals surface area contributed by atoms with Crippen LogP contribution in [0.5, 0.6) is 0 Å². The second kappa shape index (κ2) is 6.72. The quantitative estimate of drug-likeness (QED) is 0.753. The lowest BCUT2D eigenvalue weighted by Gasteiger charge is -2.14. The number of aryl methyl sites for hydroxylation is 2. The number of rotatable bonds is 5. The molecule has 2 unspecified atom stereocenters. The monoisotopic (exact) mass is 266 g/mol. The summed E-state index contributed by atoms with van der Waals surface area (Å²) < 4.78 is 0. The number of fused-ring (bicyclic) bond motifs is 1. The topological polar surface area (TPSA) is 20.2 Å². The molecule has 1 aromatic rings. The van der Waals surface area contributed by atoms with Crippen LogP contribution >= 0.6 is 11.3 Å². The Balaban J connectivity index is 2.00. The summed E-state index contributed by atoms with van der Waals surface area (Å²) in [5.41, 5.74) is 1.52. The lowest BCUT2D eigenvalue weighted by Crippen LogP contribution is -2.02. The van der Waals surface area contributed by atoms with Crippen LogP contribution in [0.1, 0.15) is 73.8 Å². The van der Waals surface area contributed by atoms with E-state index < -0.39 is 0 Å². The molecule has 0 amide bonds. The SMILES string of the molecule is CCCC(C)CC(O)c1cc2c(s1)CCCCC2. The molecule has 0 aromatic carbocycles. The molecule has 18 heavy (non-hydrogen) atoms. The van der Waals surface area contributed by atoms with Crippen LogP contribution in [0, 0.1) is 5.92 Å². The second-order valence-corrected chi connectivity index (χ2v) is 6.97. The van der Waals surface area contributed by atoms with Gasteiger partial charge in [-0.05, 0) is 49.7 Å². The van der Waals surface area contributed by atoms with E-state index in [0.29, 0.717) is 5.92 Å². The van der Waals surface area contributed by atoms with Gasteiger partial charge in [-0.3, -0.25) is 0 Å². The molecule has 102 valence electrons. The minimum atomic E-state index is -0.233. The summed E-state index contributed by atoms with van der Waals surface area (Å²) in [6, 6.07) is 2.29. The van der Waals surface area contributed by atoms with Gasteiger partial charge in [-0.1, -0.05) is 33.1 Å². The Labute approximate surface area is 115 Å². The van der Waals surface area contributed by atoms with E-state index in [4.69, 9.17) is 0 Å². The normalized spacial score (nSPS) is 19.1. The molecule has 1 aliphatic rings. The number of aliphatic hydroxyl groups is 1. The van der Waals surface area contributed by atoms with Crippen molar-refractivity contribution in [3.8, 4) is 0 Å². The first kappa shape index (κ1) is 14.1. The number of thiophene rings is 1. The van der Waals surface area contributed by atoms with Crippen LogP contribution in [-0.2, 0) is 12.8 Å². The van der Waals surface area contributed by atoms with Gasteiger partial charge in [-0.2, -0.15) is 0 Å². The molecule has 0 aliphatic heterocycles. The van der Waals surface area contributed by atoms with Gasteiger partial charge in [-0.15, -0.1) is 11.3 Å². The van der Waals surface area contributed by atoms with Gasteiger partial charge < -0.3 is 5.11 Å². The zero-order valence-electron chi connectivity index (χ0n) is 11.7. The Bertz CT molecular complexity index is 346. The average Bonchev–Trinajstić information content (AvgIpc) is 2.61. The van der Waals surface area contributed by atoms with E-state index in [2.05, 4.69) is 19.9 Å². The number of hydrogen-bond donors (Lipinski definition) is 1. The first-order chi connectivity index (χ1) is 8.70. The zero-order valence-corrected chi connectivity index (χ0v) is 12.6. The molecular weight excluding hydrogens is 240 g/mol. The van der Waals surface area contributed by atoms with E-state index >= 15 is 0 Å². The summed E-state index contributed by atoms with van der Waals surface area (Å²) in [6.45, 7) is 4.47. The van der Waals surface area contributed by atoms with Crippen molar-refractivity contribution >= 4 is 11.3 Å². The molecule has 0 saturated heterocycles. The molecule has 0 bridgehead atoms. The third-order valence-electron chi connectivity index (χ3n) is 4.00. The van der Waals surface area contributed by atoms with Crippen LogP contribution in [0.3, 0.4) is 0 Å². The van der Waals surface area contributed by atoms with Crippen molar-refractivity contribution in [1.29, 1.82) is 0 Å². The number of aliphatic hydroxyl groups excluding tert-OH is 1. The van der Waals surface area contributed by atoms with E-state index in [1.54, 1.807) is 4.88 Å². The van der Waals surface area contributed by atoms with E-state index in [1.807, 2.05) is 11.3 Å². The van der Waals surface area contributed by atoms with Gasteiger partial charge in [-0.25, -0.2) is 0 Å². The predicted octanol–water partition coefficient (Wildman–Crippen LogP) is 4.88. The Morgan fingerprint density at radius 3 is 2.83 bits per heavy atom. The summed E-state index contributed by atoms with van der Waals surface area (Å²) in [5.74, 6) is 0.631. The van der Waals surface area contributed by atoms with Crippen LogP contribution < -0.4 is 0 Å². The zero-order chi connectivity index (χ0) is 13.0. The first-order valence-corrected chi connectivity index (χ1v) is 8.32. The highest BCUT2D eigenvalue weighted by Gasteiger charge is 2.18. The summed E-state index contributed by atoms with van der Waals surface area (Å²) in [4.78, 5) is 2.76. The Hall–Kier alpha value is -0.340. The Morgan fingerprint density at radius 2 is 2.06 bits per heavy atom. The fourth-order valence-corrected chi connectivity index (χ4v) is 4.22. The van der Waals surface area contributed by atoms with Crippen LogP contribution in [0.2, 0.25) is 0 Å². The van der Waals surface area contributed by atoms with Crippen molar-refractivity contribution < 1.29 is 5.11 Å². The van der Waals surface area contributed by atoms with Gasteiger partial charge >= 0.3 is 0 Å². The minimum absolute atomic E-state index is 0.233. The van der Waals surface area contributed by atoms with E-state index in [1.165, 1.54) is 55.4 Å². The fraction of sp³-hybridized carbons (Fsp3) is 0.750. The minimum Gasteiger partial charge on any atom is -0.388 e. The molecular formula is C16H26OS. The van der Waals surface area contributed by atoms with Gasteiger partial charge in [0.15, 0.2) is 0 Å². The third-order valence-corrected chi connectivity index (χ3v) is 5.34. The van der Waals surface area contributed by atoms with Crippen LogP contribution in [0.4, 0.5) is 0 Å². The molecule has 0 fully saturated rings. The summed E-state index contributed by atoms with van der Waals surface area (Å²) in [7, 11) is 0. The Morgan fingerprint density at radius 1 is 1.28 bits per heavy atom. The highest BCUT2D eigenvalue weighted by molar-refractivity contribution is 7.12. The predicted molar refractivity (Wildman–Crippen MR) is 79.2 cm³/mol. The summed E-state index contributed by atoms with van der Waals surface area (Å²) in [5, 5.41) is 10.3. The van der Waals surface area contributed by atoms with Crippen LogP contribution in [0.15, 0.2) is 6.07 Å². The molecule has 0 radical (unpaired) electrons. The van der Waals surface area contributed by atoms with Crippen molar-refractivity contribution in [2.24, 2.45) is 5.92 Å². The molecule has 2 rings (SSSR count). The van der Waals surface area contributed by atoms with Crippen molar-refractivity contribution in [2.45, 2.75) is 71.3 Å². The van der Waals surface area contributed by atoms with E-state index in [-0.39, 0.29) is 6.10 Å². The first-order valence-electron chi connectivity index (χ1n) is 7.50. The largest absolute Gasteiger partial charge is 0.388 e. The van der Waals surface area contributed by atoms with Gasteiger partial charge in [0.25, 0.3) is 0 Å². The van der Waals surface area contributed by atoms with Gasteiger partial charge in [0.05, 0.1) is 6.10 Å². The maximum atomic E-state index is 10.3. The molecule has 0 spiro atoms. The van der Waals surface area contributed by atoms with Crippen LogP contribution in [-0.4, -0.2) is 5.11 Å². The maximum Gasteiger partial charge on any atom is 0.0884 e. The standard InChI is InChI=1S/C16H26OS/c1-3-7-12(2)10-14(17)16-11-13-8-5-4-6-9-15(13)18-16/h11-12,14,17H,3-10H2,1-2H3.